The van der Waals surface area contributed by atoms with E-state index in [1.807, 2.05) is 7.11 Å². The maximum absolute atomic E-state index is 5.28. The Balaban J connectivity index is 3.37. The molecule has 0 unspecified atom stereocenters. The van der Waals surface area contributed by atoms with E-state index in [1.54, 1.807) is 0 Å². The monoisotopic (exact) mass is 257 g/mol. The molecule has 0 heterocycles. The quantitative estimate of drug-likeness (QED) is 0.559. The standard InChI is InChI=1S/C16H35NO/c1-6-10-15(13-18-5)11-8-7-9-12-17-14-16(2,3)4/h15,17H,6-14H2,1-5H3/t15-/m1/s1. The molecule has 1 atom stereocenters. The summed E-state index contributed by atoms with van der Waals surface area (Å²) in [5.74, 6) is 0.780. The number of rotatable bonds is 11. The molecule has 0 fully saturated rings. The topological polar surface area (TPSA) is 21.3 Å². The van der Waals surface area contributed by atoms with E-state index in [-0.39, 0.29) is 0 Å². The molecular formula is C16H35NO. The largest absolute Gasteiger partial charge is 0.384 e. The number of nitrogens with one attached hydrogen (secondary N) is 1. The number of hydrogen-bond donors (Lipinski definition) is 1. The molecule has 18 heavy (non-hydrogen) atoms. The van der Waals surface area contributed by atoms with Gasteiger partial charge >= 0.3 is 0 Å². The van der Waals surface area contributed by atoms with Crippen molar-refractivity contribution in [1.29, 1.82) is 0 Å². The van der Waals surface area contributed by atoms with E-state index in [0.717, 1.165) is 19.1 Å². The van der Waals surface area contributed by atoms with E-state index in [9.17, 15) is 0 Å². The first-order chi connectivity index (χ1) is 8.49. The normalized spacial score (nSPS) is 13.8. The fourth-order valence-corrected chi connectivity index (χ4v) is 2.28. The molecule has 0 aliphatic heterocycles. The molecule has 0 spiro atoms. The third-order valence-electron chi connectivity index (χ3n) is 3.22. The van der Waals surface area contributed by atoms with Crippen LogP contribution in [0.2, 0.25) is 0 Å². The van der Waals surface area contributed by atoms with Crippen molar-refractivity contribution in [2.45, 2.75) is 66.2 Å². The van der Waals surface area contributed by atoms with Crippen molar-refractivity contribution in [3.05, 3.63) is 0 Å². The maximum atomic E-state index is 5.28. The van der Waals surface area contributed by atoms with Crippen LogP contribution in [0.3, 0.4) is 0 Å². The zero-order valence-corrected chi connectivity index (χ0v) is 13.3. The van der Waals surface area contributed by atoms with Gasteiger partial charge in [0.25, 0.3) is 0 Å². The van der Waals surface area contributed by atoms with Gasteiger partial charge in [0.2, 0.25) is 0 Å². The lowest BCUT2D eigenvalue weighted by molar-refractivity contribution is 0.141. The molecule has 2 heteroatoms. The first kappa shape index (κ1) is 17.9. The van der Waals surface area contributed by atoms with Gasteiger partial charge in [0.1, 0.15) is 0 Å². The molecule has 0 radical (unpaired) electrons. The smallest absolute Gasteiger partial charge is 0.0490 e. The Bertz CT molecular complexity index is 168. The molecule has 0 rings (SSSR count). The summed E-state index contributed by atoms with van der Waals surface area (Å²) < 4.78 is 5.28. The molecule has 0 amide bonds. The predicted octanol–water partition coefficient (Wildman–Crippen LogP) is 4.25. The van der Waals surface area contributed by atoms with Crippen LogP contribution in [0.4, 0.5) is 0 Å². The average molecular weight is 257 g/mol. The van der Waals surface area contributed by atoms with Crippen LogP contribution < -0.4 is 5.32 Å². The van der Waals surface area contributed by atoms with Crippen molar-refractivity contribution in [2.75, 3.05) is 26.8 Å². The van der Waals surface area contributed by atoms with Crippen molar-refractivity contribution in [3.63, 3.8) is 0 Å². The molecule has 1 N–H and O–H groups in total. The Morgan fingerprint density at radius 2 is 1.78 bits per heavy atom. The highest BCUT2D eigenvalue weighted by Crippen LogP contribution is 2.16. The molecular weight excluding hydrogens is 222 g/mol. The van der Waals surface area contributed by atoms with Gasteiger partial charge in [-0.25, -0.2) is 0 Å². The van der Waals surface area contributed by atoms with Crippen LogP contribution in [0.1, 0.15) is 66.2 Å². The van der Waals surface area contributed by atoms with Gasteiger partial charge in [0, 0.05) is 13.7 Å². The van der Waals surface area contributed by atoms with Crippen molar-refractivity contribution in [2.24, 2.45) is 11.3 Å². The fraction of sp³-hybridized carbons (Fsp3) is 1.00. The summed E-state index contributed by atoms with van der Waals surface area (Å²) in [6, 6.07) is 0. The van der Waals surface area contributed by atoms with Gasteiger partial charge in [-0.05, 0) is 43.7 Å². The van der Waals surface area contributed by atoms with Crippen LogP contribution in [-0.2, 0) is 4.74 Å². The van der Waals surface area contributed by atoms with Gasteiger partial charge in [-0.3, -0.25) is 0 Å². The van der Waals surface area contributed by atoms with Crippen molar-refractivity contribution < 1.29 is 4.74 Å². The average Bonchev–Trinajstić information content (AvgIpc) is 2.26. The molecule has 110 valence electrons. The minimum Gasteiger partial charge on any atom is -0.384 e. The van der Waals surface area contributed by atoms with Gasteiger partial charge in [0.05, 0.1) is 0 Å². The van der Waals surface area contributed by atoms with E-state index in [0.29, 0.717) is 5.41 Å². The Hall–Kier alpha value is -0.0800. The summed E-state index contributed by atoms with van der Waals surface area (Å²) >= 11 is 0. The van der Waals surface area contributed by atoms with E-state index in [2.05, 4.69) is 33.0 Å². The van der Waals surface area contributed by atoms with Crippen molar-refractivity contribution in [1.82, 2.24) is 5.32 Å². The summed E-state index contributed by atoms with van der Waals surface area (Å²) in [6.45, 7) is 12.3. The summed E-state index contributed by atoms with van der Waals surface area (Å²) in [5.41, 5.74) is 0.407. The first-order valence-corrected chi connectivity index (χ1v) is 7.69. The third kappa shape index (κ3) is 12.4. The molecule has 0 aromatic carbocycles. The maximum Gasteiger partial charge on any atom is 0.0490 e. The molecule has 0 aliphatic carbocycles. The van der Waals surface area contributed by atoms with E-state index < -0.39 is 0 Å². The van der Waals surface area contributed by atoms with E-state index in [4.69, 9.17) is 4.74 Å². The molecule has 0 aromatic rings. The minimum atomic E-state index is 0.407. The van der Waals surface area contributed by atoms with E-state index >= 15 is 0 Å². The van der Waals surface area contributed by atoms with E-state index in [1.165, 1.54) is 45.1 Å². The molecule has 2 nitrogen and oxygen atoms in total. The van der Waals surface area contributed by atoms with Gasteiger partial charge in [0.15, 0.2) is 0 Å². The summed E-state index contributed by atoms with van der Waals surface area (Å²) in [7, 11) is 1.82. The van der Waals surface area contributed by atoms with Crippen LogP contribution in [0.5, 0.6) is 0 Å². The number of unbranched alkanes of at least 4 members (excludes halogenated alkanes) is 2. The Labute approximate surface area is 115 Å². The second kappa shape index (κ2) is 10.8. The highest BCUT2D eigenvalue weighted by atomic mass is 16.5. The fourth-order valence-electron chi connectivity index (χ4n) is 2.28. The first-order valence-electron chi connectivity index (χ1n) is 7.69. The zero-order chi connectivity index (χ0) is 13.9. The summed E-state index contributed by atoms with van der Waals surface area (Å²) in [4.78, 5) is 0. The lowest BCUT2D eigenvalue weighted by Crippen LogP contribution is -2.27. The lowest BCUT2D eigenvalue weighted by atomic mass is 9.96. The third-order valence-corrected chi connectivity index (χ3v) is 3.22. The Morgan fingerprint density at radius 3 is 2.33 bits per heavy atom. The zero-order valence-electron chi connectivity index (χ0n) is 13.3. The molecule has 0 saturated carbocycles. The Morgan fingerprint density at radius 1 is 1.06 bits per heavy atom. The van der Waals surface area contributed by atoms with Crippen molar-refractivity contribution in [3.8, 4) is 0 Å². The van der Waals surface area contributed by atoms with Crippen LogP contribution >= 0.6 is 0 Å². The number of ether oxygens (including phenoxy) is 1. The Kier molecular flexibility index (Phi) is 10.8. The van der Waals surface area contributed by atoms with Crippen LogP contribution in [-0.4, -0.2) is 26.8 Å². The second-order valence-corrected chi connectivity index (χ2v) is 6.70. The summed E-state index contributed by atoms with van der Waals surface area (Å²) in [5, 5.41) is 3.54. The molecule has 0 bridgehead atoms. The second-order valence-electron chi connectivity index (χ2n) is 6.70. The van der Waals surface area contributed by atoms with Gasteiger partial charge in [-0.1, -0.05) is 47.0 Å². The lowest BCUT2D eigenvalue weighted by Gasteiger charge is -2.19. The number of methoxy groups -OCH3 is 1. The summed E-state index contributed by atoms with van der Waals surface area (Å²) in [6.07, 6.45) is 7.94. The number of hydrogen-bond acceptors (Lipinski definition) is 2. The van der Waals surface area contributed by atoms with Crippen LogP contribution in [0.25, 0.3) is 0 Å². The highest BCUT2D eigenvalue weighted by Gasteiger charge is 2.09. The van der Waals surface area contributed by atoms with Gasteiger partial charge < -0.3 is 10.1 Å². The predicted molar refractivity (Wildman–Crippen MR) is 81.1 cm³/mol. The van der Waals surface area contributed by atoms with Crippen LogP contribution in [0.15, 0.2) is 0 Å². The van der Waals surface area contributed by atoms with Gasteiger partial charge in [-0.2, -0.15) is 0 Å². The van der Waals surface area contributed by atoms with Crippen LogP contribution in [0, 0.1) is 11.3 Å². The minimum absolute atomic E-state index is 0.407. The molecule has 0 aliphatic rings. The molecule has 0 aromatic heterocycles. The highest BCUT2D eigenvalue weighted by molar-refractivity contribution is 4.65. The SMILES string of the molecule is CCC[C@H](CCCCCNCC(C)(C)C)COC. The molecule has 0 saturated heterocycles. The van der Waals surface area contributed by atoms with Gasteiger partial charge in [-0.15, -0.1) is 0 Å². The van der Waals surface area contributed by atoms with Crippen molar-refractivity contribution >= 4 is 0 Å².